The van der Waals surface area contributed by atoms with Gasteiger partial charge in [0, 0.05) is 0 Å². The van der Waals surface area contributed by atoms with E-state index in [0.717, 1.165) is 6.42 Å². The molecule has 0 aromatic carbocycles. The minimum atomic E-state index is -0.881. The fraction of sp³-hybridized carbons (Fsp3) is 0.462. The van der Waals surface area contributed by atoms with E-state index in [0.29, 0.717) is 5.57 Å². The lowest BCUT2D eigenvalue weighted by Crippen LogP contribution is -1.96. The third kappa shape index (κ3) is 7.74. The Balaban J connectivity index is 3.83. The van der Waals surface area contributed by atoms with Crippen molar-refractivity contribution in [3.63, 3.8) is 0 Å². The third-order valence-electron chi connectivity index (χ3n) is 2.06. The number of carboxylic acids is 1. The molecule has 0 rings (SSSR count). The smallest absolute Gasteiger partial charge is 0.335 e. The Morgan fingerprint density at radius 2 is 2.00 bits per heavy atom. The quantitative estimate of drug-likeness (QED) is 0.393. The molecule has 0 saturated carbocycles. The normalized spacial score (nSPS) is 12.8. The lowest BCUT2D eigenvalue weighted by Gasteiger charge is -1.91. The van der Waals surface area contributed by atoms with Crippen molar-refractivity contribution >= 4 is 5.97 Å². The minimum Gasteiger partial charge on any atom is -0.478 e. The molecule has 0 amide bonds. The zero-order valence-electron chi connectivity index (χ0n) is 9.57. The fourth-order valence-corrected chi connectivity index (χ4v) is 1.14. The van der Waals surface area contributed by atoms with Crippen molar-refractivity contribution in [2.75, 3.05) is 0 Å². The van der Waals surface area contributed by atoms with Crippen molar-refractivity contribution in [3.8, 4) is 0 Å². The summed E-state index contributed by atoms with van der Waals surface area (Å²) in [7, 11) is 0. The van der Waals surface area contributed by atoms with E-state index < -0.39 is 5.97 Å². The molecule has 0 saturated heterocycles. The summed E-state index contributed by atoms with van der Waals surface area (Å²) >= 11 is 0. The maximum absolute atomic E-state index is 10.6. The van der Waals surface area contributed by atoms with Gasteiger partial charge < -0.3 is 5.11 Å². The Kier molecular flexibility index (Phi) is 8.44. The van der Waals surface area contributed by atoms with Crippen LogP contribution in [0.1, 0.15) is 39.5 Å². The van der Waals surface area contributed by atoms with Gasteiger partial charge in [0.1, 0.15) is 0 Å². The highest BCUT2D eigenvalue weighted by atomic mass is 16.4. The van der Waals surface area contributed by atoms with Crippen LogP contribution in [-0.4, -0.2) is 11.1 Å². The molecule has 2 nitrogen and oxygen atoms in total. The summed E-state index contributed by atoms with van der Waals surface area (Å²) in [5, 5.41) is 8.70. The molecule has 0 bridgehead atoms. The summed E-state index contributed by atoms with van der Waals surface area (Å²) < 4.78 is 0. The van der Waals surface area contributed by atoms with E-state index in [4.69, 9.17) is 5.11 Å². The van der Waals surface area contributed by atoms with Gasteiger partial charge in [-0.2, -0.15) is 0 Å². The highest BCUT2D eigenvalue weighted by Gasteiger charge is 1.98. The van der Waals surface area contributed by atoms with Gasteiger partial charge in [-0.3, -0.25) is 0 Å². The second-order valence-electron chi connectivity index (χ2n) is 3.33. The molecule has 2 heteroatoms. The molecule has 0 atom stereocenters. The van der Waals surface area contributed by atoms with Crippen molar-refractivity contribution in [1.82, 2.24) is 0 Å². The largest absolute Gasteiger partial charge is 0.478 e. The molecule has 0 heterocycles. The molecule has 0 aromatic heterocycles. The van der Waals surface area contributed by atoms with Crippen LogP contribution >= 0.6 is 0 Å². The summed E-state index contributed by atoms with van der Waals surface area (Å²) in [4.78, 5) is 10.6. The van der Waals surface area contributed by atoms with Gasteiger partial charge in [-0.15, -0.1) is 0 Å². The first-order chi connectivity index (χ1) is 7.22. The lowest BCUT2D eigenvalue weighted by molar-refractivity contribution is -0.132. The number of hydrogen-bond donors (Lipinski definition) is 1. The molecular weight excluding hydrogens is 188 g/mol. The Hall–Kier alpha value is -1.31. The molecule has 0 aliphatic rings. The average molecular weight is 208 g/mol. The van der Waals surface area contributed by atoms with Gasteiger partial charge >= 0.3 is 5.97 Å². The number of hydrogen-bond acceptors (Lipinski definition) is 1. The second-order valence-corrected chi connectivity index (χ2v) is 3.33. The standard InChI is InChI=1S/C13H20O2/c1-3-5-6-7-8-9-10-11-12(4-2)13(14)15/h4,8-11H,3,5-7H2,1-2H3,(H,14,15). The lowest BCUT2D eigenvalue weighted by atomic mass is 10.2. The minimum absolute atomic E-state index is 0.327. The Morgan fingerprint density at radius 3 is 2.53 bits per heavy atom. The van der Waals surface area contributed by atoms with Gasteiger partial charge in [0.05, 0.1) is 5.57 Å². The molecule has 0 spiro atoms. The van der Waals surface area contributed by atoms with Gasteiger partial charge in [-0.25, -0.2) is 4.79 Å². The first kappa shape index (κ1) is 13.7. The fourth-order valence-electron chi connectivity index (χ4n) is 1.14. The van der Waals surface area contributed by atoms with Crippen LogP contribution < -0.4 is 0 Å². The monoisotopic (exact) mass is 208 g/mol. The number of rotatable bonds is 7. The first-order valence-electron chi connectivity index (χ1n) is 5.45. The van der Waals surface area contributed by atoms with Crippen molar-refractivity contribution in [3.05, 3.63) is 36.0 Å². The highest BCUT2D eigenvalue weighted by molar-refractivity contribution is 5.89. The molecule has 0 aromatic rings. The Bertz CT molecular complexity index is 260. The number of allylic oxidation sites excluding steroid dienone is 4. The van der Waals surface area contributed by atoms with Crippen molar-refractivity contribution in [1.29, 1.82) is 0 Å². The SMILES string of the molecule is CC=C(C=CC=CCCCCC)C(=O)O. The summed E-state index contributed by atoms with van der Waals surface area (Å²) in [6.07, 6.45) is 13.7. The summed E-state index contributed by atoms with van der Waals surface area (Å²) in [6, 6.07) is 0. The van der Waals surface area contributed by atoms with Gasteiger partial charge in [0.2, 0.25) is 0 Å². The Morgan fingerprint density at radius 1 is 1.27 bits per heavy atom. The number of carbonyl (C=O) groups is 1. The van der Waals surface area contributed by atoms with Crippen LogP contribution in [0.5, 0.6) is 0 Å². The summed E-state index contributed by atoms with van der Waals surface area (Å²) in [6.45, 7) is 3.90. The molecule has 15 heavy (non-hydrogen) atoms. The number of unbranched alkanes of at least 4 members (excludes halogenated alkanes) is 3. The Labute approximate surface area is 92.0 Å². The summed E-state index contributed by atoms with van der Waals surface area (Å²) in [5.74, 6) is -0.881. The van der Waals surface area contributed by atoms with Crippen LogP contribution in [0.25, 0.3) is 0 Å². The summed E-state index contributed by atoms with van der Waals surface area (Å²) in [5.41, 5.74) is 0.327. The number of carboxylic acid groups (broad SMARTS) is 1. The van der Waals surface area contributed by atoms with Crippen LogP contribution in [0.4, 0.5) is 0 Å². The van der Waals surface area contributed by atoms with Crippen LogP contribution in [-0.2, 0) is 4.79 Å². The van der Waals surface area contributed by atoms with Crippen molar-refractivity contribution in [2.24, 2.45) is 0 Å². The average Bonchev–Trinajstić information content (AvgIpc) is 2.21. The van der Waals surface area contributed by atoms with Gasteiger partial charge in [0.25, 0.3) is 0 Å². The number of aliphatic carboxylic acids is 1. The van der Waals surface area contributed by atoms with E-state index in [1.54, 1.807) is 25.2 Å². The van der Waals surface area contributed by atoms with Gasteiger partial charge in [-0.05, 0) is 25.8 Å². The van der Waals surface area contributed by atoms with Crippen LogP contribution in [0.15, 0.2) is 36.0 Å². The van der Waals surface area contributed by atoms with Crippen molar-refractivity contribution < 1.29 is 9.90 Å². The predicted octanol–water partition coefficient (Wildman–Crippen LogP) is 3.71. The zero-order valence-corrected chi connectivity index (χ0v) is 9.57. The molecular formula is C13H20O2. The van der Waals surface area contributed by atoms with E-state index in [9.17, 15) is 4.79 Å². The second kappa shape index (κ2) is 9.25. The van der Waals surface area contributed by atoms with Gasteiger partial charge in [-0.1, -0.05) is 44.1 Å². The maximum Gasteiger partial charge on any atom is 0.335 e. The topological polar surface area (TPSA) is 37.3 Å². The molecule has 0 aliphatic heterocycles. The van der Waals surface area contributed by atoms with Gasteiger partial charge in [0.15, 0.2) is 0 Å². The predicted molar refractivity (Wildman–Crippen MR) is 63.8 cm³/mol. The van der Waals surface area contributed by atoms with Crippen LogP contribution in [0.2, 0.25) is 0 Å². The maximum atomic E-state index is 10.6. The van der Waals surface area contributed by atoms with E-state index in [1.807, 2.05) is 6.08 Å². The van der Waals surface area contributed by atoms with E-state index >= 15 is 0 Å². The van der Waals surface area contributed by atoms with E-state index in [-0.39, 0.29) is 0 Å². The van der Waals surface area contributed by atoms with E-state index in [2.05, 4.69) is 13.0 Å². The molecule has 0 radical (unpaired) electrons. The highest BCUT2D eigenvalue weighted by Crippen LogP contribution is 2.01. The molecule has 0 unspecified atom stereocenters. The van der Waals surface area contributed by atoms with E-state index in [1.165, 1.54) is 19.3 Å². The van der Waals surface area contributed by atoms with Crippen LogP contribution in [0, 0.1) is 0 Å². The van der Waals surface area contributed by atoms with Crippen molar-refractivity contribution in [2.45, 2.75) is 39.5 Å². The van der Waals surface area contributed by atoms with Crippen LogP contribution in [0.3, 0.4) is 0 Å². The molecule has 84 valence electrons. The molecule has 1 N–H and O–H groups in total. The molecule has 0 fully saturated rings. The molecule has 0 aliphatic carbocycles. The zero-order chi connectivity index (χ0) is 11.5. The first-order valence-corrected chi connectivity index (χ1v) is 5.45. The third-order valence-corrected chi connectivity index (χ3v) is 2.06.